The second-order valence-corrected chi connectivity index (χ2v) is 6.09. The smallest absolute Gasteiger partial charge is 0.335 e. The van der Waals surface area contributed by atoms with Gasteiger partial charge in [0, 0.05) is 0 Å². The molecule has 0 spiro atoms. The normalized spacial score (nSPS) is 11.1. The molecule has 0 fully saturated rings. The van der Waals surface area contributed by atoms with Gasteiger partial charge in [0.15, 0.2) is 0 Å². The molecule has 0 atom stereocenters. The number of benzene rings is 2. The zero-order valence-corrected chi connectivity index (χ0v) is 12.0. The van der Waals surface area contributed by atoms with Gasteiger partial charge in [-0.1, -0.05) is 23.7 Å². The van der Waals surface area contributed by atoms with Gasteiger partial charge in [0.2, 0.25) is 0 Å². The maximum Gasteiger partial charge on any atom is 0.335 e. The van der Waals surface area contributed by atoms with Crippen molar-refractivity contribution in [1.82, 2.24) is 0 Å². The summed E-state index contributed by atoms with van der Waals surface area (Å²) < 4.78 is 39.9. The fourth-order valence-electron chi connectivity index (χ4n) is 1.60. The Balaban J connectivity index is 2.44. The van der Waals surface area contributed by atoms with Crippen LogP contribution in [-0.4, -0.2) is 19.5 Å². The number of sulfonamides is 1. The minimum absolute atomic E-state index is 0.0280. The lowest BCUT2D eigenvalue weighted by molar-refractivity contribution is 0.0697. The number of nitrogens with one attached hydrogen (secondary N) is 1. The fourth-order valence-corrected chi connectivity index (χ4v) is 3.18. The molecule has 21 heavy (non-hydrogen) atoms. The summed E-state index contributed by atoms with van der Waals surface area (Å²) >= 11 is 5.79. The van der Waals surface area contributed by atoms with Crippen LogP contribution in [0.5, 0.6) is 0 Å². The zero-order valence-electron chi connectivity index (χ0n) is 10.4. The molecule has 0 amide bonds. The average Bonchev–Trinajstić information content (AvgIpc) is 2.41. The van der Waals surface area contributed by atoms with Crippen LogP contribution < -0.4 is 4.72 Å². The van der Waals surface area contributed by atoms with Crippen LogP contribution in [0.25, 0.3) is 0 Å². The zero-order chi connectivity index (χ0) is 15.6. The molecule has 0 bridgehead atoms. The van der Waals surface area contributed by atoms with Crippen molar-refractivity contribution in [3.05, 3.63) is 58.9 Å². The maximum atomic E-state index is 13.6. The Labute approximate surface area is 125 Å². The molecule has 2 aromatic carbocycles. The van der Waals surface area contributed by atoms with Gasteiger partial charge in [0.05, 0.1) is 16.3 Å². The molecular formula is C13H9ClFNO4S. The molecule has 0 aliphatic heterocycles. The molecular weight excluding hydrogens is 321 g/mol. The van der Waals surface area contributed by atoms with Gasteiger partial charge in [0.25, 0.3) is 10.0 Å². The minimum atomic E-state index is -4.12. The summed E-state index contributed by atoms with van der Waals surface area (Å²) in [7, 11) is -4.12. The van der Waals surface area contributed by atoms with Gasteiger partial charge in [-0.2, -0.15) is 0 Å². The van der Waals surface area contributed by atoms with E-state index in [1.54, 1.807) is 6.07 Å². The van der Waals surface area contributed by atoms with Crippen LogP contribution >= 0.6 is 11.6 Å². The summed E-state index contributed by atoms with van der Waals surface area (Å²) in [5.74, 6) is -2.19. The van der Waals surface area contributed by atoms with Crippen LogP contribution in [0.2, 0.25) is 5.02 Å². The van der Waals surface area contributed by atoms with E-state index >= 15 is 0 Å². The number of hydrogen-bond acceptors (Lipinski definition) is 3. The summed E-state index contributed by atoms with van der Waals surface area (Å²) in [6, 6.07) is 8.44. The van der Waals surface area contributed by atoms with Gasteiger partial charge in [-0.25, -0.2) is 17.6 Å². The Morgan fingerprint density at radius 3 is 2.48 bits per heavy atom. The van der Waals surface area contributed by atoms with E-state index in [1.165, 1.54) is 18.2 Å². The SMILES string of the molecule is O=C(O)c1ccc(F)c(NS(=O)(=O)c2ccccc2Cl)c1. The van der Waals surface area contributed by atoms with E-state index in [1.807, 2.05) is 4.72 Å². The number of carbonyl (C=O) groups is 1. The molecule has 0 aliphatic rings. The number of carboxylic acid groups (broad SMARTS) is 1. The summed E-state index contributed by atoms with van der Waals surface area (Å²) in [5, 5.41) is 8.81. The number of hydrogen-bond donors (Lipinski definition) is 2. The lowest BCUT2D eigenvalue weighted by atomic mass is 10.2. The largest absolute Gasteiger partial charge is 0.478 e. The number of anilines is 1. The van der Waals surface area contributed by atoms with Crippen molar-refractivity contribution < 1.29 is 22.7 Å². The third kappa shape index (κ3) is 3.32. The van der Waals surface area contributed by atoms with E-state index in [2.05, 4.69) is 0 Å². The van der Waals surface area contributed by atoms with Crippen molar-refractivity contribution in [2.75, 3.05) is 4.72 Å². The minimum Gasteiger partial charge on any atom is -0.478 e. The van der Waals surface area contributed by atoms with Crippen molar-refractivity contribution >= 4 is 33.3 Å². The van der Waals surface area contributed by atoms with Crippen molar-refractivity contribution in [1.29, 1.82) is 0 Å². The Morgan fingerprint density at radius 2 is 1.86 bits per heavy atom. The van der Waals surface area contributed by atoms with Crippen LogP contribution in [0.4, 0.5) is 10.1 Å². The Morgan fingerprint density at radius 1 is 1.19 bits per heavy atom. The third-order valence-corrected chi connectivity index (χ3v) is 4.45. The van der Waals surface area contributed by atoms with Crippen molar-refractivity contribution in [3.63, 3.8) is 0 Å². The summed E-state index contributed by atoms with van der Waals surface area (Å²) in [6.45, 7) is 0. The van der Waals surface area contributed by atoms with E-state index in [4.69, 9.17) is 16.7 Å². The number of rotatable bonds is 4. The molecule has 2 aromatic rings. The van der Waals surface area contributed by atoms with Gasteiger partial charge in [-0.3, -0.25) is 4.72 Å². The van der Waals surface area contributed by atoms with Gasteiger partial charge in [0.1, 0.15) is 10.7 Å². The highest BCUT2D eigenvalue weighted by atomic mass is 35.5. The Bertz CT molecular complexity index is 808. The molecule has 2 rings (SSSR count). The van der Waals surface area contributed by atoms with Crippen LogP contribution in [0.3, 0.4) is 0 Å². The first-order valence-corrected chi connectivity index (χ1v) is 7.47. The molecule has 110 valence electrons. The molecule has 8 heteroatoms. The van der Waals surface area contributed by atoms with Crippen molar-refractivity contribution in [3.8, 4) is 0 Å². The lowest BCUT2D eigenvalue weighted by Crippen LogP contribution is -2.15. The molecule has 0 radical (unpaired) electrons. The van der Waals surface area contributed by atoms with E-state index in [-0.39, 0.29) is 15.5 Å². The van der Waals surface area contributed by atoms with Gasteiger partial charge in [-0.05, 0) is 30.3 Å². The second-order valence-electron chi connectivity index (χ2n) is 4.04. The summed E-state index contributed by atoms with van der Waals surface area (Å²) in [4.78, 5) is 10.6. The number of halogens is 2. The molecule has 0 aliphatic carbocycles. The monoisotopic (exact) mass is 329 g/mol. The highest BCUT2D eigenvalue weighted by Gasteiger charge is 2.20. The molecule has 5 nitrogen and oxygen atoms in total. The third-order valence-electron chi connectivity index (χ3n) is 2.58. The number of aromatic carboxylic acids is 1. The summed E-state index contributed by atoms with van der Waals surface area (Å²) in [5.41, 5.74) is -0.705. The van der Waals surface area contributed by atoms with Gasteiger partial charge >= 0.3 is 5.97 Å². The molecule has 0 saturated carbocycles. The predicted octanol–water partition coefficient (Wildman–Crippen LogP) is 2.98. The molecule has 0 saturated heterocycles. The Hall–Kier alpha value is -2.12. The predicted molar refractivity (Wildman–Crippen MR) is 75.6 cm³/mol. The maximum absolute atomic E-state index is 13.6. The molecule has 0 unspecified atom stereocenters. The second kappa shape index (κ2) is 5.71. The first-order valence-electron chi connectivity index (χ1n) is 5.61. The van der Waals surface area contributed by atoms with Crippen LogP contribution in [0.15, 0.2) is 47.4 Å². The van der Waals surface area contributed by atoms with E-state index in [9.17, 15) is 17.6 Å². The van der Waals surface area contributed by atoms with Crippen molar-refractivity contribution in [2.24, 2.45) is 0 Å². The Kier molecular flexibility index (Phi) is 4.15. The first-order chi connectivity index (χ1) is 9.81. The van der Waals surface area contributed by atoms with Crippen LogP contribution in [0.1, 0.15) is 10.4 Å². The van der Waals surface area contributed by atoms with E-state index in [0.29, 0.717) is 0 Å². The highest BCUT2D eigenvalue weighted by Crippen LogP contribution is 2.25. The molecule has 2 N–H and O–H groups in total. The standard InChI is InChI=1S/C13H9ClFNO4S/c14-9-3-1-2-4-12(9)21(19,20)16-11-7-8(13(17)18)5-6-10(11)15/h1-7,16H,(H,17,18). The van der Waals surface area contributed by atoms with E-state index < -0.39 is 27.5 Å². The van der Waals surface area contributed by atoms with Crippen molar-refractivity contribution in [2.45, 2.75) is 4.90 Å². The lowest BCUT2D eigenvalue weighted by Gasteiger charge is -2.10. The number of carboxylic acids is 1. The van der Waals surface area contributed by atoms with Crippen LogP contribution in [-0.2, 0) is 10.0 Å². The quantitative estimate of drug-likeness (QED) is 0.903. The van der Waals surface area contributed by atoms with E-state index in [0.717, 1.165) is 18.2 Å². The molecule has 0 heterocycles. The van der Waals surface area contributed by atoms with Crippen LogP contribution in [0, 0.1) is 5.82 Å². The van der Waals surface area contributed by atoms with Gasteiger partial charge in [-0.15, -0.1) is 0 Å². The average molecular weight is 330 g/mol. The molecule has 0 aromatic heterocycles. The topological polar surface area (TPSA) is 83.5 Å². The summed E-state index contributed by atoms with van der Waals surface area (Å²) in [6.07, 6.45) is 0. The highest BCUT2D eigenvalue weighted by molar-refractivity contribution is 7.92. The van der Waals surface area contributed by atoms with Gasteiger partial charge < -0.3 is 5.11 Å². The fraction of sp³-hybridized carbons (Fsp3) is 0. The first kappa shape index (κ1) is 15.3.